The van der Waals surface area contributed by atoms with Crippen LogP contribution in [0.4, 0.5) is 0 Å². The van der Waals surface area contributed by atoms with Gasteiger partial charge < -0.3 is 15.7 Å². The molecule has 1 aromatic carbocycles. The summed E-state index contributed by atoms with van der Waals surface area (Å²) in [6.45, 7) is 4.06. The van der Waals surface area contributed by atoms with Crippen molar-refractivity contribution in [2.24, 2.45) is 5.41 Å². The summed E-state index contributed by atoms with van der Waals surface area (Å²) in [5.41, 5.74) is 1.94. The number of aliphatic hydroxyl groups excluding tert-OH is 1. The molecule has 1 unspecified atom stereocenters. The van der Waals surface area contributed by atoms with Crippen molar-refractivity contribution >= 4 is 11.8 Å². The fraction of sp³-hybridized carbons (Fsp3) is 0.529. The Bertz CT molecular complexity index is 535. The Morgan fingerprint density at radius 3 is 2.41 bits per heavy atom. The van der Waals surface area contributed by atoms with Crippen LogP contribution in [0.2, 0.25) is 0 Å². The van der Waals surface area contributed by atoms with Gasteiger partial charge in [-0.25, -0.2) is 0 Å². The Morgan fingerprint density at radius 2 is 1.91 bits per heavy atom. The molecule has 1 saturated carbocycles. The summed E-state index contributed by atoms with van der Waals surface area (Å²) in [6.07, 6.45) is 2.11. The van der Waals surface area contributed by atoms with Crippen LogP contribution >= 0.6 is 0 Å². The second kappa shape index (κ2) is 6.92. The van der Waals surface area contributed by atoms with Crippen molar-refractivity contribution in [2.75, 3.05) is 13.2 Å². The summed E-state index contributed by atoms with van der Waals surface area (Å²) in [5, 5.41) is 15.0. The average Bonchev–Trinajstić information content (AvgIpc) is 3.25. The van der Waals surface area contributed by atoms with E-state index in [4.69, 9.17) is 0 Å². The number of hydrogen-bond donors (Lipinski definition) is 3. The number of carbonyl (C=O) groups is 2. The minimum absolute atomic E-state index is 0.108. The molecule has 0 spiro atoms. The van der Waals surface area contributed by atoms with Crippen molar-refractivity contribution in [3.05, 3.63) is 35.4 Å². The van der Waals surface area contributed by atoms with Crippen LogP contribution in [0.5, 0.6) is 0 Å². The second-order valence-electron chi connectivity index (χ2n) is 6.30. The van der Waals surface area contributed by atoms with Gasteiger partial charge in [-0.15, -0.1) is 0 Å². The molecule has 1 aliphatic carbocycles. The van der Waals surface area contributed by atoms with Crippen LogP contribution in [0.1, 0.15) is 43.4 Å². The van der Waals surface area contributed by atoms with Crippen molar-refractivity contribution in [2.45, 2.75) is 39.2 Å². The minimum atomic E-state index is -0.331. The highest BCUT2D eigenvalue weighted by Gasteiger charge is 2.42. The Labute approximate surface area is 131 Å². The highest BCUT2D eigenvalue weighted by atomic mass is 16.3. The SMILES string of the molecule is CC(=O)NC(CC(=O)NCC1(CO)CC1)c1ccc(C)cc1. The molecule has 120 valence electrons. The zero-order valence-electron chi connectivity index (χ0n) is 13.2. The molecule has 0 radical (unpaired) electrons. The van der Waals surface area contributed by atoms with E-state index in [1.807, 2.05) is 31.2 Å². The van der Waals surface area contributed by atoms with Crippen molar-refractivity contribution in [1.82, 2.24) is 10.6 Å². The van der Waals surface area contributed by atoms with Gasteiger partial charge in [-0.1, -0.05) is 29.8 Å². The number of aliphatic hydroxyl groups is 1. The highest BCUT2D eigenvalue weighted by Crippen LogP contribution is 2.44. The molecule has 0 aliphatic heterocycles. The first-order valence-electron chi connectivity index (χ1n) is 7.65. The summed E-state index contributed by atoms with van der Waals surface area (Å²) in [5.74, 6) is -0.272. The molecule has 2 rings (SSSR count). The summed E-state index contributed by atoms with van der Waals surface area (Å²) in [6, 6.07) is 7.46. The Balaban J connectivity index is 1.95. The smallest absolute Gasteiger partial charge is 0.222 e. The molecule has 1 aromatic rings. The maximum absolute atomic E-state index is 12.1. The predicted molar refractivity (Wildman–Crippen MR) is 84.1 cm³/mol. The van der Waals surface area contributed by atoms with E-state index in [1.54, 1.807) is 0 Å². The van der Waals surface area contributed by atoms with Crippen LogP contribution in [-0.2, 0) is 9.59 Å². The van der Waals surface area contributed by atoms with Gasteiger partial charge in [0.15, 0.2) is 0 Å². The first-order chi connectivity index (χ1) is 10.4. The Morgan fingerprint density at radius 1 is 1.27 bits per heavy atom. The third-order valence-corrected chi connectivity index (χ3v) is 4.20. The predicted octanol–water partition coefficient (Wildman–Crippen LogP) is 1.45. The molecule has 0 saturated heterocycles. The first kappa shape index (κ1) is 16.5. The third-order valence-electron chi connectivity index (χ3n) is 4.20. The van der Waals surface area contributed by atoms with E-state index in [0.717, 1.165) is 24.0 Å². The molecule has 0 bridgehead atoms. The molecule has 0 heterocycles. The van der Waals surface area contributed by atoms with Crippen LogP contribution in [0.15, 0.2) is 24.3 Å². The lowest BCUT2D eigenvalue weighted by molar-refractivity contribution is -0.123. The molecule has 0 aromatic heterocycles. The van der Waals surface area contributed by atoms with E-state index in [2.05, 4.69) is 10.6 Å². The maximum Gasteiger partial charge on any atom is 0.222 e. The van der Waals surface area contributed by atoms with Crippen LogP contribution in [0.3, 0.4) is 0 Å². The molecule has 1 atom stereocenters. The van der Waals surface area contributed by atoms with E-state index in [9.17, 15) is 14.7 Å². The lowest BCUT2D eigenvalue weighted by atomic mass is 10.0. The van der Waals surface area contributed by atoms with Gasteiger partial charge in [0.2, 0.25) is 11.8 Å². The van der Waals surface area contributed by atoms with E-state index < -0.39 is 0 Å². The first-order valence-corrected chi connectivity index (χ1v) is 7.65. The Hall–Kier alpha value is -1.88. The third kappa shape index (κ3) is 4.56. The van der Waals surface area contributed by atoms with Gasteiger partial charge in [-0.3, -0.25) is 9.59 Å². The lowest BCUT2D eigenvalue weighted by Crippen LogP contribution is -2.36. The number of rotatable bonds is 7. The molecule has 5 heteroatoms. The number of hydrogen-bond acceptors (Lipinski definition) is 3. The molecule has 5 nitrogen and oxygen atoms in total. The van der Waals surface area contributed by atoms with Crippen molar-refractivity contribution < 1.29 is 14.7 Å². The Kier molecular flexibility index (Phi) is 5.19. The van der Waals surface area contributed by atoms with Crippen molar-refractivity contribution in [3.8, 4) is 0 Å². The number of amides is 2. The van der Waals surface area contributed by atoms with Crippen LogP contribution in [0.25, 0.3) is 0 Å². The molecule has 1 aliphatic rings. The van der Waals surface area contributed by atoms with Gasteiger partial charge >= 0.3 is 0 Å². The van der Waals surface area contributed by atoms with Crippen LogP contribution < -0.4 is 10.6 Å². The van der Waals surface area contributed by atoms with Crippen molar-refractivity contribution in [1.29, 1.82) is 0 Å². The van der Waals surface area contributed by atoms with Crippen LogP contribution in [-0.4, -0.2) is 30.1 Å². The van der Waals surface area contributed by atoms with Gasteiger partial charge in [0.25, 0.3) is 0 Å². The maximum atomic E-state index is 12.1. The number of aryl methyl sites for hydroxylation is 1. The highest BCUT2D eigenvalue weighted by molar-refractivity contribution is 5.79. The zero-order chi connectivity index (χ0) is 16.2. The van der Waals surface area contributed by atoms with E-state index >= 15 is 0 Å². The minimum Gasteiger partial charge on any atom is -0.396 e. The fourth-order valence-corrected chi connectivity index (χ4v) is 2.41. The standard InChI is InChI=1S/C17H24N2O3/c1-12-3-5-14(6-4-12)15(19-13(2)21)9-16(22)18-10-17(11-20)7-8-17/h3-6,15,20H,7-11H2,1-2H3,(H,18,22)(H,19,21). The monoisotopic (exact) mass is 304 g/mol. The number of carbonyl (C=O) groups excluding carboxylic acids is 2. The number of nitrogens with one attached hydrogen (secondary N) is 2. The summed E-state index contributed by atoms with van der Waals surface area (Å²) >= 11 is 0. The summed E-state index contributed by atoms with van der Waals surface area (Å²) in [4.78, 5) is 23.5. The average molecular weight is 304 g/mol. The van der Waals surface area contributed by atoms with E-state index in [1.165, 1.54) is 6.92 Å². The van der Waals surface area contributed by atoms with Gasteiger partial charge in [-0.2, -0.15) is 0 Å². The van der Waals surface area contributed by atoms with Gasteiger partial charge in [0.1, 0.15) is 0 Å². The van der Waals surface area contributed by atoms with Crippen molar-refractivity contribution in [3.63, 3.8) is 0 Å². The topological polar surface area (TPSA) is 78.4 Å². The molecular formula is C17H24N2O3. The number of benzene rings is 1. The molecule has 22 heavy (non-hydrogen) atoms. The normalized spacial score (nSPS) is 16.7. The van der Waals surface area contributed by atoms with E-state index in [-0.39, 0.29) is 36.3 Å². The summed E-state index contributed by atoms with van der Waals surface area (Å²) < 4.78 is 0. The lowest BCUT2D eigenvalue weighted by Gasteiger charge is -2.19. The quantitative estimate of drug-likeness (QED) is 0.713. The molecule has 2 amide bonds. The van der Waals surface area contributed by atoms with Gasteiger partial charge in [0, 0.05) is 18.9 Å². The van der Waals surface area contributed by atoms with Gasteiger partial charge in [-0.05, 0) is 25.3 Å². The largest absolute Gasteiger partial charge is 0.396 e. The van der Waals surface area contributed by atoms with Gasteiger partial charge in [0.05, 0.1) is 19.1 Å². The van der Waals surface area contributed by atoms with E-state index in [0.29, 0.717) is 6.54 Å². The van der Waals surface area contributed by atoms with Crippen LogP contribution in [0, 0.1) is 12.3 Å². The summed E-state index contributed by atoms with van der Waals surface area (Å²) in [7, 11) is 0. The zero-order valence-corrected chi connectivity index (χ0v) is 13.2. The fourth-order valence-electron chi connectivity index (χ4n) is 2.41. The second-order valence-corrected chi connectivity index (χ2v) is 6.30. The molecule has 1 fully saturated rings. The molecular weight excluding hydrogens is 280 g/mol. The molecule has 3 N–H and O–H groups in total.